The highest BCUT2D eigenvalue weighted by atomic mass is 32.1. The maximum atomic E-state index is 5.30. The Hall–Kier alpha value is -0.350. The van der Waals surface area contributed by atoms with Crippen LogP contribution in [0.5, 0.6) is 0 Å². The van der Waals surface area contributed by atoms with Gasteiger partial charge in [0.1, 0.15) is 0 Å². The molecule has 1 rings (SSSR count). The molecule has 0 aromatic heterocycles. The number of nitrogens with one attached hydrogen (secondary N) is 2. The number of rotatable bonds is 6. The van der Waals surface area contributed by atoms with Crippen molar-refractivity contribution in [3.8, 4) is 0 Å². The molecule has 0 radical (unpaired) electrons. The van der Waals surface area contributed by atoms with E-state index in [1.807, 2.05) is 0 Å². The highest BCUT2D eigenvalue weighted by Gasteiger charge is 2.13. The van der Waals surface area contributed by atoms with Gasteiger partial charge in [0.2, 0.25) is 0 Å². The van der Waals surface area contributed by atoms with E-state index in [1.165, 1.54) is 44.9 Å². The molecule has 0 saturated heterocycles. The fourth-order valence-electron chi connectivity index (χ4n) is 2.24. The first-order chi connectivity index (χ1) is 8.18. The summed E-state index contributed by atoms with van der Waals surface area (Å²) in [5.74, 6) is 0. The third-order valence-corrected chi connectivity index (χ3v) is 3.52. The average Bonchev–Trinajstić information content (AvgIpc) is 2.29. The zero-order valence-electron chi connectivity index (χ0n) is 11.3. The lowest BCUT2D eigenvalue weighted by Gasteiger charge is -2.24. The molecule has 1 fully saturated rings. The van der Waals surface area contributed by atoms with Crippen molar-refractivity contribution >= 4 is 17.3 Å². The number of unbranched alkanes of at least 4 members (excludes halogenated alkanes) is 1. The summed E-state index contributed by atoms with van der Waals surface area (Å²) in [5.41, 5.74) is 0. The Bertz CT molecular complexity index is 213. The third kappa shape index (κ3) is 7.55. The Morgan fingerprint density at radius 3 is 2.53 bits per heavy atom. The molecule has 1 saturated carbocycles. The predicted molar refractivity (Wildman–Crippen MR) is 78.4 cm³/mol. The molecule has 17 heavy (non-hydrogen) atoms. The van der Waals surface area contributed by atoms with E-state index in [0.29, 0.717) is 6.04 Å². The Balaban J connectivity index is 1.97. The molecule has 100 valence electrons. The van der Waals surface area contributed by atoms with Crippen LogP contribution >= 0.6 is 12.2 Å². The minimum absolute atomic E-state index is 0.616. The standard InChI is InChI=1S/C13H27N3S/c1-16(2)11-7-6-10-14-13(17)15-12-8-4-3-5-9-12/h12H,3-11H2,1-2H3,(H2,14,15,17). The molecule has 0 spiro atoms. The molecular formula is C13H27N3S. The molecule has 0 aliphatic heterocycles. The Kier molecular flexibility index (Phi) is 7.53. The number of nitrogens with zero attached hydrogens (tertiary/aromatic N) is 1. The quantitative estimate of drug-likeness (QED) is 0.563. The first kappa shape index (κ1) is 14.7. The van der Waals surface area contributed by atoms with E-state index in [9.17, 15) is 0 Å². The molecule has 0 amide bonds. The minimum Gasteiger partial charge on any atom is -0.363 e. The summed E-state index contributed by atoms with van der Waals surface area (Å²) in [6.07, 6.45) is 9.07. The van der Waals surface area contributed by atoms with E-state index in [-0.39, 0.29) is 0 Å². The number of thiocarbonyl (C=S) groups is 1. The van der Waals surface area contributed by atoms with Gasteiger partial charge >= 0.3 is 0 Å². The van der Waals surface area contributed by atoms with Gasteiger partial charge < -0.3 is 15.5 Å². The van der Waals surface area contributed by atoms with Crippen LogP contribution in [0.25, 0.3) is 0 Å². The summed E-state index contributed by atoms with van der Waals surface area (Å²) >= 11 is 5.30. The van der Waals surface area contributed by atoms with Gasteiger partial charge in [-0.15, -0.1) is 0 Å². The van der Waals surface area contributed by atoms with Crippen molar-refractivity contribution in [1.82, 2.24) is 15.5 Å². The molecule has 0 bridgehead atoms. The van der Waals surface area contributed by atoms with Crippen molar-refractivity contribution < 1.29 is 0 Å². The van der Waals surface area contributed by atoms with Crippen LogP contribution in [0.2, 0.25) is 0 Å². The highest BCUT2D eigenvalue weighted by molar-refractivity contribution is 7.80. The normalized spacial score (nSPS) is 17.1. The van der Waals surface area contributed by atoms with Gasteiger partial charge in [0.25, 0.3) is 0 Å². The lowest BCUT2D eigenvalue weighted by molar-refractivity contribution is 0.393. The van der Waals surface area contributed by atoms with Crippen LogP contribution in [0, 0.1) is 0 Å². The average molecular weight is 257 g/mol. The van der Waals surface area contributed by atoms with Gasteiger partial charge in [-0.1, -0.05) is 19.3 Å². The largest absolute Gasteiger partial charge is 0.363 e. The van der Waals surface area contributed by atoms with Crippen molar-refractivity contribution in [3.63, 3.8) is 0 Å². The summed E-state index contributed by atoms with van der Waals surface area (Å²) in [4.78, 5) is 2.22. The Labute approximate surface area is 111 Å². The maximum Gasteiger partial charge on any atom is 0.166 e. The first-order valence-corrected chi connectivity index (χ1v) is 7.28. The molecule has 0 heterocycles. The van der Waals surface area contributed by atoms with Crippen molar-refractivity contribution in [2.24, 2.45) is 0 Å². The van der Waals surface area contributed by atoms with Gasteiger partial charge in [-0.25, -0.2) is 0 Å². The van der Waals surface area contributed by atoms with Crippen LogP contribution < -0.4 is 10.6 Å². The fraction of sp³-hybridized carbons (Fsp3) is 0.923. The molecule has 3 nitrogen and oxygen atoms in total. The van der Waals surface area contributed by atoms with Gasteiger partial charge in [-0.3, -0.25) is 0 Å². The second-order valence-corrected chi connectivity index (χ2v) is 5.65. The molecule has 1 aliphatic carbocycles. The summed E-state index contributed by atoms with van der Waals surface area (Å²) in [6, 6.07) is 0.616. The Morgan fingerprint density at radius 2 is 1.88 bits per heavy atom. The third-order valence-electron chi connectivity index (χ3n) is 3.26. The van der Waals surface area contributed by atoms with Gasteiger partial charge in [0, 0.05) is 12.6 Å². The number of hydrogen-bond acceptors (Lipinski definition) is 2. The molecule has 0 aromatic rings. The predicted octanol–water partition coefficient (Wildman–Crippen LogP) is 2.12. The van der Waals surface area contributed by atoms with Crippen molar-refractivity contribution in [2.75, 3.05) is 27.2 Å². The summed E-state index contributed by atoms with van der Waals surface area (Å²) in [6.45, 7) is 2.15. The maximum absolute atomic E-state index is 5.30. The van der Waals surface area contributed by atoms with Crippen molar-refractivity contribution in [2.45, 2.75) is 51.0 Å². The molecule has 4 heteroatoms. The van der Waals surface area contributed by atoms with E-state index in [4.69, 9.17) is 12.2 Å². The van der Waals surface area contributed by atoms with Crippen LogP contribution in [-0.2, 0) is 0 Å². The fourth-order valence-corrected chi connectivity index (χ4v) is 2.51. The minimum atomic E-state index is 0.616. The summed E-state index contributed by atoms with van der Waals surface area (Å²) in [5, 5.41) is 7.58. The molecule has 0 atom stereocenters. The van der Waals surface area contributed by atoms with Crippen molar-refractivity contribution in [1.29, 1.82) is 0 Å². The molecule has 1 aliphatic rings. The zero-order chi connectivity index (χ0) is 12.5. The lowest BCUT2D eigenvalue weighted by atomic mass is 9.96. The summed E-state index contributed by atoms with van der Waals surface area (Å²) in [7, 11) is 4.23. The lowest BCUT2D eigenvalue weighted by Crippen LogP contribution is -2.43. The van der Waals surface area contributed by atoms with E-state index in [0.717, 1.165) is 18.2 Å². The molecule has 2 N–H and O–H groups in total. The van der Waals surface area contributed by atoms with Gasteiger partial charge in [0.05, 0.1) is 0 Å². The van der Waals surface area contributed by atoms with E-state index < -0.39 is 0 Å². The first-order valence-electron chi connectivity index (χ1n) is 6.87. The zero-order valence-corrected chi connectivity index (χ0v) is 12.1. The van der Waals surface area contributed by atoms with Crippen molar-refractivity contribution in [3.05, 3.63) is 0 Å². The topological polar surface area (TPSA) is 27.3 Å². The van der Waals surface area contributed by atoms with Crippen LogP contribution in [0.3, 0.4) is 0 Å². The Morgan fingerprint density at radius 1 is 1.18 bits per heavy atom. The van der Waals surface area contributed by atoms with Crippen LogP contribution in [-0.4, -0.2) is 43.2 Å². The van der Waals surface area contributed by atoms with E-state index in [1.54, 1.807) is 0 Å². The second kappa shape index (κ2) is 8.70. The van der Waals surface area contributed by atoms with Gasteiger partial charge in [-0.2, -0.15) is 0 Å². The highest BCUT2D eigenvalue weighted by Crippen LogP contribution is 2.17. The van der Waals surface area contributed by atoms with Crippen LogP contribution in [0.1, 0.15) is 44.9 Å². The van der Waals surface area contributed by atoms with E-state index >= 15 is 0 Å². The van der Waals surface area contributed by atoms with Gasteiger partial charge in [-0.05, 0) is 58.5 Å². The van der Waals surface area contributed by atoms with Gasteiger partial charge in [0.15, 0.2) is 5.11 Å². The van der Waals surface area contributed by atoms with Crippen LogP contribution in [0.15, 0.2) is 0 Å². The van der Waals surface area contributed by atoms with E-state index in [2.05, 4.69) is 29.6 Å². The molecule has 0 unspecified atom stereocenters. The molecular weight excluding hydrogens is 230 g/mol. The summed E-state index contributed by atoms with van der Waals surface area (Å²) < 4.78 is 0. The number of hydrogen-bond donors (Lipinski definition) is 2. The second-order valence-electron chi connectivity index (χ2n) is 5.25. The SMILES string of the molecule is CN(C)CCCCNC(=S)NC1CCCCC1. The van der Waals surface area contributed by atoms with Crippen LogP contribution in [0.4, 0.5) is 0 Å². The molecule has 0 aromatic carbocycles. The smallest absolute Gasteiger partial charge is 0.166 e. The monoisotopic (exact) mass is 257 g/mol.